The van der Waals surface area contributed by atoms with Crippen LogP contribution in [0.25, 0.3) is 0 Å². The molecular weight excluding hydrogens is 305 g/mol. The molecule has 0 radical (unpaired) electrons. The van der Waals surface area contributed by atoms with Gasteiger partial charge in [-0.2, -0.15) is 0 Å². The molecule has 0 unspecified atom stereocenters. The summed E-state index contributed by atoms with van der Waals surface area (Å²) in [5.74, 6) is -0.239. The van der Waals surface area contributed by atoms with Crippen LogP contribution in [0, 0.1) is 26.6 Å². The van der Waals surface area contributed by atoms with E-state index in [1.165, 1.54) is 28.3 Å². The zero-order chi connectivity index (χ0) is 14.0. The number of halogens is 2. The van der Waals surface area contributed by atoms with E-state index in [2.05, 4.69) is 54.2 Å². The van der Waals surface area contributed by atoms with Crippen LogP contribution in [0.1, 0.15) is 22.3 Å². The van der Waals surface area contributed by atoms with E-state index in [1.54, 1.807) is 6.07 Å². The molecule has 0 saturated heterocycles. The standard InChI is InChI=1S/C16H17BrFN/c1-10-7-11(2)13(12(3)8-10)9-19-16-14(17)5-4-6-15(16)18/h4-8,19H,9H2,1-3H3. The van der Waals surface area contributed by atoms with Gasteiger partial charge in [-0.1, -0.05) is 23.8 Å². The fourth-order valence-corrected chi connectivity index (χ4v) is 2.81. The van der Waals surface area contributed by atoms with Crippen molar-refractivity contribution >= 4 is 21.6 Å². The molecule has 100 valence electrons. The van der Waals surface area contributed by atoms with E-state index < -0.39 is 0 Å². The molecule has 0 aliphatic heterocycles. The van der Waals surface area contributed by atoms with Gasteiger partial charge < -0.3 is 5.32 Å². The highest BCUT2D eigenvalue weighted by atomic mass is 79.9. The first-order valence-electron chi connectivity index (χ1n) is 6.23. The molecule has 0 spiro atoms. The summed E-state index contributed by atoms with van der Waals surface area (Å²) in [4.78, 5) is 0. The lowest BCUT2D eigenvalue weighted by atomic mass is 10.00. The highest BCUT2D eigenvalue weighted by Crippen LogP contribution is 2.26. The van der Waals surface area contributed by atoms with Crippen LogP contribution in [0.5, 0.6) is 0 Å². The third kappa shape index (κ3) is 3.16. The molecule has 0 aromatic heterocycles. The van der Waals surface area contributed by atoms with Crippen molar-refractivity contribution in [3.8, 4) is 0 Å². The van der Waals surface area contributed by atoms with E-state index in [1.807, 2.05) is 6.07 Å². The maximum atomic E-state index is 13.7. The lowest BCUT2D eigenvalue weighted by Crippen LogP contribution is -2.06. The van der Waals surface area contributed by atoms with Gasteiger partial charge in [0.1, 0.15) is 5.82 Å². The van der Waals surface area contributed by atoms with Gasteiger partial charge in [0.25, 0.3) is 0 Å². The van der Waals surface area contributed by atoms with Crippen molar-refractivity contribution in [3.05, 3.63) is 62.9 Å². The highest BCUT2D eigenvalue weighted by Gasteiger charge is 2.08. The predicted octanol–water partition coefficient (Wildman–Crippen LogP) is 5.13. The number of hydrogen-bond donors (Lipinski definition) is 1. The average molecular weight is 322 g/mol. The fourth-order valence-electron chi connectivity index (χ4n) is 2.33. The van der Waals surface area contributed by atoms with Crippen LogP contribution >= 0.6 is 15.9 Å². The summed E-state index contributed by atoms with van der Waals surface area (Å²) in [6.07, 6.45) is 0. The van der Waals surface area contributed by atoms with Gasteiger partial charge in [0.2, 0.25) is 0 Å². The summed E-state index contributed by atoms with van der Waals surface area (Å²) in [5, 5.41) is 3.18. The zero-order valence-corrected chi connectivity index (χ0v) is 12.9. The summed E-state index contributed by atoms with van der Waals surface area (Å²) in [6.45, 7) is 6.89. The summed E-state index contributed by atoms with van der Waals surface area (Å²) in [7, 11) is 0. The van der Waals surface area contributed by atoms with Crippen molar-refractivity contribution in [1.29, 1.82) is 0 Å². The van der Waals surface area contributed by atoms with Crippen LogP contribution in [0.3, 0.4) is 0 Å². The average Bonchev–Trinajstić information content (AvgIpc) is 2.31. The van der Waals surface area contributed by atoms with Crippen molar-refractivity contribution in [1.82, 2.24) is 0 Å². The van der Waals surface area contributed by atoms with Gasteiger partial charge in [0.05, 0.1) is 5.69 Å². The minimum atomic E-state index is -0.239. The number of anilines is 1. The summed E-state index contributed by atoms with van der Waals surface area (Å²) >= 11 is 3.37. The quantitative estimate of drug-likeness (QED) is 0.826. The molecule has 3 heteroatoms. The van der Waals surface area contributed by atoms with Gasteiger partial charge in [0, 0.05) is 11.0 Å². The molecule has 0 heterocycles. The second kappa shape index (κ2) is 5.74. The first-order chi connectivity index (χ1) is 8.99. The van der Waals surface area contributed by atoms with Crippen molar-refractivity contribution < 1.29 is 4.39 Å². The molecule has 2 rings (SSSR count). The Balaban J connectivity index is 2.24. The normalized spacial score (nSPS) is 10.6. The summed E-state index contributed by atoms with van der Waals surface area (Å²) < 4.78 is 14.5. The third-order valence-electron chi connectivity index (χ3n) is 3.25. The van der Waals surface area contributed by atoms with E-state index in [4.69, 9.17) is 0 Å². The first-order valence-corrected chi connectivity index (χ1v) is 7.03. The van der Waals surface area contributed by atoms with Crippen LogP contribution in [0.2, 0.25) is 0 Å². The molecule has 0 amide bonds. The van der Waals surface area contributed by atoms with Crippen LogP contribution in [0.4, 0.5) is 10.1 Å². The Morgan fingerprint density at radius 1 is 1.11 bits per heavy atom. The summed E-state index contributed by atoms with van der Waals surface area (Å²) in [6, 6.07) is 9.29. The minimum absolute atomic E-state index is 0.239. The maximum Gasteiger partial charge on any atom is 0.147 e. The molecule has 0 atom stereocenters. The van der Waals surface area contributed by atoms with E-state index in [-0.39, 0.29) is 5.82 Å². The molecule has 19 heavy (non-hydrogen) atoms. The highest BCUT2D eigenvalue weighted by molar-refractivity contribution is 9.10. The van der Waals surface area contributed by atoms with Crippen molar-refractivity contribution in [2.75, 3.05) is 5.32 Å². The smallest absolute Gasteiger partial charge is 0.147 e. The van der Waals surface area contributed by atoms with E-state index >= 15 is 0 Å². The molecule has 1 N–H and O–H groups in total. The Kier molecular flexibility index (Phi) is 4.25. The van der Waals surface area contributed by atoms with Gasteiger partial charge >= 0.3 is 0 Å². The van der Waals surface area contributed by atoms with Gasteiger partial charge in [-0.15, -0.1) is 0 Å². The number of benzene rings is 2. The molecule has 2 aromatic rings. The van der Waals surface area contributed by atoms with E-state index in [9.17, 15) is 4.39 Å². The zero-order valence-electron chi connectivity index (χ0n) is 11.3. The molecule has 0 bridgehead atoms. The number of para-hydroxylation sites is 1. The van der Waals surface area contributed by atoms with Crippen molar-refractivity contribution in [2.45, 2.75) is 27.3 Å². The van der Waals surface area contributed by atoms with E-state index in [0.717, 1.165) is 4.47 Å². The van der Waals surface area contributed by atoms with Gasteiger partial charge in [0.15, 0.2) is 0 Å². The van der Waals surface area contributed by atoms with Crippen molar-refractivity contribution in [3.63, 3.8) is 0 Å². The molecule has 1 nitrogen and oxygen atoms in total. The Morgan fingerprint density at radius 2 is 1.74 bits per heavy atom. The molecule has 0 aliphatic rings. The van der Waals surface area contributed by atoms with E-state index in [0.29, 0.717) is 12.2 Å². The SMILES string of the molecule is Cc1cc(C)c(CNc2c(F)cccc2Br)c(C)c1. The first kappa shape index (κ1) is 14.1. The molecule has 0 fully saturated rings. The lowest BCUT2D eigenvalue weighted by molar-refractivity contribution is 0.629. The van der Waals surface area contributed by atoms with Crippen LogP contribution in [0.15, 0.2) is 34.8 Å². The third-order valence-corrected chi connectivity index (χ3v) is 3.91. The Bertz CT molecular complexity index is 564. The number of rotatable bonds is 3. The molecular formula is C16H17BrFN. The number of aryl methyl sites for hydroxylation is 3. The number of hydrogen-bond acceptors (Lipinski definition) is 1. The Labute approximate surface area is 122 Å². The van der Waals surface area contributed by atoms with Crippen LogP contribution in [-0.4, -0.2) is 0 Å². The lowest BCUT2D eigenvalue weighted by Gasteiger charge is -2.14. The summed E-state index contributed by atoms with van der Waals surface area (Å²) in [5.41, 5.74) is 5.46. The maximum absolute atomic E-state index is 13.7. The van der Waals surface area contributed by atoms with Crippen LogP contribution < -0.4 is 5.32 Å². The largest absolute Gasteiger partial charge is 0.378 e. The predicted molar refractivity (Wildman–Crippen MR) is 82.1 cm³/mol. The minimum Gasteiger partial charge on any atom is -0.378 e. The van der Waals surface area contributed by atoms with Gasteiger partial charge in [-0.05, 0) is 65.5 Å². The topological polar surface area (TPSA) is 12.0 Å². The Hall–Kier alpha value is -1.35. The number of nitrogens with one attached hydrogen (secondary N) is 1. The van der Waals surface area contributed by atoms with Gasteiger partial charge in [-0.3, -0.25) is 0 Å². The monoisotopic (exact) mass is 321 g/mol. The second-order valence-electron chi connectivity index (χ2n) is 4.83. The van der Waals surface area contributed by atoms with Gasteiger partial charge in [-0.25, -0.2) is 4.39 Å². The second-order valence-corrected chi connectivity index (χ2v) is 5.68. The molecule has 0 aliphatic carbocycles. The van der Waals surface area contributed by atoms with Crippen molar-refractivity contribution in [2.24, 2.45) is 0 Å². The van der Waals surface area contributed by atoms with Crippen LogP contribution in [-0.2, 0) is 6.54 Å². The Morgan fingerprint density at radius 3 is 2.32 bits per heavy atom. The molecule has 2 aromatic carbocycles. The molecule has 0 saturated carbocycles. The fraction of sp³-hybridized carbons (Fsp3) is 0.250.